The third-order valence-corrected chi connectivity index (χ3v) is 3.40. The average molecular weight is 257 g/mol. The van der Waals surface area contributed by atoms with E-state index in [1.807, 2.05) is 6.07 Å². The largest absolute Gasteiger partial charge is 0.384 e. The van der Waals surface area contributed by atoms with Crippen molar-refractivity contribution >= 4 is 11.8 Å². The predicted octanol–water partition coefficient (Wildman–Crippen LogP) is 3.06. The summed E-state index contributed by atoms with van der Waals surface area (Å²) in [7, 11) is 1.66. The van der Waals surface area contributed by atoms with Crippen molar-refractivity contribution in [2.24, 2.45) is 0 Å². The van der Waals surface area contributed by atoms with Crippen LogP contribution in [0.5, 0.6) is 0 Å². The number of nitrogens with one attached hydrogen (secondary N) is 1. The molecule has 1 N–H and O–H groups in total. The maximum atomic E-state index is 13.7. The number of hydrogen-bond donors (Lipinski definition) is 1. The Morgan fingerprint density at radius 3 is 2.82 bits per heavy atom. The fourth-order valence-electron chi connectivity index (χ4n) is 1.40. The van der Waals surface area contributed by atoms with Crippen LogP contribution in [0.2, 0.25) is 0 Å². The van der Waals surface area contributed by atoms with Gasteiger partial charge in [-0.15, -0.1) is 11.8 Å². The van der Waals surface area contributed by atoms with Gasteiger partial charge in [0.1, 0.15) is 5.82 Å². The van der Waals surface area contributed by atoms with Gasteiger partial charge in [0.05, 0.1) is 6.61 Å². The number of rotatable bonds is 7. The topological polar surface area (TPSA) is 21.3 Å². The van der Waals surface area contributed by atoms with E-state index in [9.17, 15) is 4.39 Å². The summed E-state index contributed by atoms with van der Waals surface area (Å²) < 4.78 is 18.7. The molecular formula is C13H20FNOS. The summed E-state index contributed by atoms with van der Waals surface area (Å²) in [4.78, 5) is 0.734. The summed E-state index contributed by atoms with van der Waals surface area (Å²) >= 11 is 1.51. The standard InChI is InChI=1S/C13H20FNOS/c1-10(2)15-9-11-5-4-6-12(14)13(11)17-8-7-16-3/h4-6,10,15H,7-9H2,1-3H3. The molecule has 0 aromatic heterocycles. The van der Waals surface area contributed by atoms with Gasteiger partial charge in [-0.1, -0.05) is 26.0 Å². The Kier molecular flexibility index (Phi) is 6.55. The lowest BCUT2D eigenvalue weighted by Gasteiger charge is -2.13. The molecule has 0 spiro atoms. The van der Waals surface area contributed by atoms with Gasteiger partial charge in [0.15, 0.2) is 0 Å². The molecule has 17 heavy (non-hydrogen) atoms. The van der Waals surface area contributed by atoms with Gasteiger partial charge in [0, 0.05) is 30.3 Å². The Balaban J connectivity index is 2.69. The number of halogens is 1. The van der Waals surface area contributed by atoms with Gasteiger partial charge in [-0.25, -0.2) is 4.39 Å². The smallest absolute Gasteiger partial charge is 0.137 e. The number of hydrogen-bond acceptors (Lipinski definition) is 3. The first kappa shape index (κ1) is 14.5. The van der Waals surface area contributed by atoms with E-state index >= 15 is 0 Å². The van der Waals surface area contributed by atoms with Gasteiger partial charge >= 0.3 is 0 Å². The van der Waals surface area contributed by atoms with Crippen molar-refractivity contribution < 1.29 is 9.13 Å². The van der Waals surface area contributed by atoms with Crippen LogP contribution >= 0.6 is 11.8 Å². The Labute approximate surface area is 107 Å². The van der Waals surface area contributed by atoms with Gasteiger partial charge in [-0.05, 0) is 11.6 Å². The van der Waals surface area contributed by atoms with Crippen LogP contribution in [0.1, 0.15) is 19.4 Å². The fraction of sp³-hybridized carbons (Fsp3) is 0.538. The van der Waals surface area contributed by atoms with E-state index in [2.05, 4.69) is 19.2 Å². The van der Waals surface area contributed by atoms with Gasteiger partial charge in [-0.2, -0.15) is 0 Å². The first-order valence-corrected chi connectivity index (χ1v) is 6.76. The summed E-state index contributed by atoms with van der Waals surface area (Å²) in [6.45, 7) is 5.49. The molecule has 4 heteroatoms. The summed E-state index contributed by atoms with van der Waals surface area (Å²) in [6, 6.07) is 5.63. The second kappa shape index (κ2) is 7.69. The van der Waals surface area contributed by atoms with Crippen LogP contribution < -0.4 is 5.32 Å². The number of methoxy groups -OCH3 is 1. The SMILES string of the molecule is COCCSc1c(F)cccc1CNC(C)C. The van der Waals surface area contributed by atoms with Crippen LogP contribution in [-0.2, 0) is 11.3 Å². The zero-order valence-electron chi connectivity index (χ0n) is 10.6. The molecule has 0 unspecified atom stereocenters. The predicted molar refractivity (Wildman–Crippen MR) is 71.0 cm³/mol. The van der Waals surface area contributed by atoms with Gasteiger partial charge in [0.25, 0.3) is 0 Å². The molecule has 0 saturated carbocycles. The zero-order valence-corrected chi connectivity index (χ0v) is 11.4. The summed E-state index contributed by atoms with van der Waals surface area (Å²) in [6.07, 6.45) is 0. The number of ether oxygens (including phenoxy) is 1. The van der Waals surface area contributed by atoms with Crippen molar-refractivity contribution in [1.29, 1.82) is 0 Å². The van der Waals surface area contributed by atoms with Crippen LogP contribution in [0, 0.1) is 5.82 Å². The molecule has 0 fully saturated rings. The van der Waals surface area contributed by atoms with Crippen LogP contribution in [0.3, 0.4) is 0 Å². The highest BCUT2D eigenvalue weighted by Crippen LogP contribution is 2.26. The minimum Gasteiger partial charge on any atom is -0.384 e. The van der Waals surface area contributed by atoms with Crippen molar-refractivity contribution in [2.45, 2.75) is 31.3 Å². The van der Waals surface area contributed by atoms with E-state index in [4.69, 9.17) is 4.74 Å². The molecule has 1 aromatic carbocycles. The lowest BCUT2D eigenvalue weighted by atomic mass is 10.2. The first-order valence-electron chi connectivity index (χ1n) is 5.77. The van der Waals surface area contributed by atoms with E-state index in [0.29, 0.717) is 19.2 Å². The lowest BCUT2D eigenvalue weighted by Crippen LogP contribution is -2.22. The Hall–Kier alpha value is -0.580. The Morgan fingerprint density at radius 2 is 2.18 bits per heavy atom. The maximum Gasteiger partial charge on any atom is 0.137 e. The fourth-order valence-corrected chi connectivity index (χ4v) is 2.38. The van der Waals surface area contributed by atoms with E-state index in [1.165, 1.54) is 17.8 Å². The molecular weight excluding hydrogens is 237 g/mol. The highest BCUT2D eigenvalue weighted by molar-refractivity contribution is 7.99. The molecule has 0 heterocycles. The monoisotopic (exact) mass is 257 g/mol. The molecule has 1 rings (SSSR count). The van der Waals surface area contributed by atoms with E-state index in [1.54, 1.807) is 13.2 Å². The van der Waals surface area contributed by atoms with Crippen molar-refractivity contribution in [3.8, 4) is 0 Å². The molecule has 0 atom stereocenters. The molecule has 0 aliphatic rings. The average Bonchev–Trinajstić information content (AvgIpc) is 2.29. The molecule has 0 bridgehead atoms. The third kappa shape index (κ3) is 5.06. The molecule has 0 saturated heterocycles. The Morgan fingerprint density at radius 1 is 1.41 bits per heavy atom. The van der Waals surface area contributed by atoms with Crippen molar-refractivity contribution in [3.05, 3.63) is 29.6 Å². The first-order chi connectivity index (χ1) is 8.15. The number of thioether (sulfide) groups is 1. The molecule has 0 radical (unpaired) electrons. The quantitative estimate of drug-likeness (QED) is 0.599. The summed E-state index contributed by atoms with van der Waals surface area (Å²) in [5, 5.41) is 3.31. The molecule has 1 aromatic rings. The van der Waals surface area contributed by atoms with E-state index in [0.717, 1.165) is 16.2 Å². The second-order valence-electron chi connectivity index (χ2n) is 4.10. The highest BCUT2D eigenvalue weighted by atomic mass is 32.2. The minimum absolute atomic E-state index is 0.144. The van der Waals surface area contributed by atoms with E-state index < -0.39 is 0 Å². The normalized spacial score (nSPS) is 11.1. The lowest BCUT2D eigenvalue weighted by molar-refractivity contribution is 0.218. The second-order valence-corrected chi connectivity index (χ2v) is 5.21. The molecule has 2 nitrogen and oxygen atoms in total. The van der Waals surface area contributed by atoms with Crippen LogP contribution in [0.4, 0.5) is 4.39 Å². The van der Waals surface area contributed by atoms with Crippen LogP contribution in [0.25, 0.3) is 0 Å². The number of benzene rings is 1. The molecule has 96 valence electrons. The van der Waals surface area contributed by atoms with Crippen LogP contribution in [0.15, 0.2) is 23.1 Å². The van der Waals surface area contributed by atoms with Gasteiger partial charge < -0.3 is 10.1 Å². The van der Waals surface area contributed by atoms with Crippen molar-refractivity contribution in [3.63, 3.8) is 0 Å². The molecule has 0 aliphatic carbocycles. The van der Waals surface area contributed by atoms with Gasteiger partial charge in [-0.3, -0.25) is 0 Å². The third-order valence-electron chi connectivity index (χ3n) is 2.28. The van der Waals surface area contributed by atoms with Gasteiger partial charge in [0.2, 0.25) is 0 Å². The van der Waals surface area contributed by atoms with E-state index in [-0.39, 0.29) is 5.82 Å². The maximum absolute atomic E-state index is 13.7. The Bertz CT molecular complexity index is 344. The zero-order chi connectivity index (χ0) is 12.7. The van der Waals surface area contributed by atoms with Crippen molar-refractivity contribution in [1.82, 2.24) is 5.32 Å². The van der Waals surface area contributed by atoms with Crippen molar-refractivity contribution in [2.75, 3.05) is 19.5 Å². The molecule has 0 aliphatic heterocycles. The highest BCUT2D eigenvalue weighted by Gasteiger charge is 2.09. The minimum atomic E-state index is -0.144. The molecule has 0 amide bonds. The summed E-state index contributed by atoms with van der Waals surface area (Å²) in [5.41, 5.74) is 1.01. The summed E-state index contributed by atoms with van der Waals surface area (Å²) in [5.74, 6) is 0.626. The van der Waals surface area contributed by atoms with Crippen LogP contribution in [-0.4, -0.2) is 25.5 Å².